The van der Waals surface area contributed by atoms with E-state index in [1.807, 2.05) is 0 Å². The molecule has 1 aliphatic heterocycles. The lowest BCUT2D eigenvalue weighted by molar-refractivity contribution is -0.126. The van der Waals surface area contributed by atoms with E-state index in [9.17, 15) is 4.79 Å². The van der Waals surface area contributed by atoms with E-state index in [-0.39, 0.29) is 0 Å². The van der Waals surface area contributed by atoms with Gasteiger partial charge in [-0.05, 0) is 58.5 Å². The first-order valence-corrected chi connectivity index (χ1v) is 8.18. The van der Waals surface area contributed by atoms with Crippen molar-refractivity contribution < 1.29 is 4.79 Å². The smallest absolute Gasteiger partial charge is 0.223 e. The maximum absolute atomic E-state index is 12.1. The van der Waals surface area contributed by atoms with Gasteiger partial charge in [0.1, 0.15) is 0 Å². The third kappa shape index (κ3) is 4.48. The zero-order chi connectivity index (χ0) is 13.7. The molecule has 19 heavy (non-hydrogen) atoms. The molecule has 1 N–H and O–H groups in total. The van der Waals surface area contributed by atoms with Crippen molar-refractivity contribution in [3.05, 3.63) is 0 Å². The molecule has 3 heteroatoms. The summed E-state index contributed by atoms with van der Waals surface area (Å²) in [6.07, 6.45) is 8.49. The molecule has 2 fully saturated rings. The normalized spacial score (nSPS) is 23.7. The second-order valence-corrected chi connectivity index (χ2v) is 6.65. The van der Waals surface area contributed by atoms with E-state index in [1.165, 1.54) is 45.2 Å². The van der Waals surface area contributed by atoms with E-state index in [0.717, 1.165) is 19.4 Å². The van der Waals surface area contributed by atoms with Gasteiger partial charge in [0, 0.05) is 18.5 Å². The van der Waals surface area contributed by atoms with Gasteiger partial charge < -0.3 is 10.2 Å². The second kappa shape index (κ2) is 7.28. The minimum absolute atomic E-state index is 0.310. The summed E-state index contributed by atoms with van der Waals surface area (Å²) in [6, 6.07) is 0.665. The Hall–Kier alpha value is -0.570. The third-order valence-corrected chi connectivity index (χ3v) is 4.92. The van der Waals surface area contributed by atoms with Gasteiger partial charge in [0.25, 0.3) is 0 Å². The lowest BCUT2D eigenvalue weighted by Gasteiger charge is -2.34. The number of piperidine rings is 1. The summed E-state index contributed by atoms with van der Waals surface area (Å²) in [6.45, 7) is 7.83. The van der Waals surface area contributed by atoms with Crippen LogP contribution < -0.4 is 5.32 Å². The Labute approximate surface area is 118 Å². The van der Waals surface area contributed by atoms with Crippen molar-refractivity contribution in [1.82, 2.24) is 10.2 Å². The van der Waals surface area contributed by atoms with Crippen LogP contribution in [-0.2, 0) is 4.79 Å². The second-order valence-electron chi connectivity index (χ2n) is 6.65. The highest BCUT2D eigenvalue weighted by molar-refractivity contribution is 5.78. The van der Waals surface area contributed by atoms with Crippen LogP contribution in [0.2, 0.25) is 0 Å². The summed E-state index contributed by atoms with van der Waals surface area (Å²) >= 11 is 0. The van der Waals surface area contributed by atoms with Gasteiger partial charge in [-0.3, -0.25) is 4.79 Å². The van der Waals surface area contributed by atoms with Crippen LogP contribution in [0.15, 0.2) is 0 Å². The van der Waals surface area contributed by atoms with Gasteiger partial charge in [-0.25, -0.2) is 0 Å². The number of hydrogen-bond donors (Lipinski definition) is 1. The van der Waals surface area contributed by atoms with Crippen LogP contribution in [0.1, 0.15) is 58.8 Å². The average Bonchev–Trinajstić information content (AvgIpc) is 2.46. The van der Waals surface area contributed by atoms with Gasteiger partial charge in [-0.1, -0.05) is 19.3 Å². The lowest BCUT2D eigenvalue weighted by Crippen LogP contribution is -2.42. The first kappa shape index (κ1) is 14.8. The van der Waals surface area contributed by atoms with E-state index in [0.29, 0.717) is 23.8 Å². The predicted octanol–water partition coefficient (Wildman–Crippen LogP) is 2.80. The maximum Gasteiger partial charge on any atom is 0.223 e. The molecule has 0 atom stereocenters. The fraction of sp³-hybridized carbons (Fsp3) is 0.938. The molecule has 0 aromatic rings. The maximum atomic E-state index is 12.1. The molecule has 1 saturated heterocycles. The number of amides is 1. The number of rotatable bonds is 4. The molecular formula is C16H30N2O. The number of likely N-dealkylation sites (tertiary alicyclic amines) is 1. The molecule has 110 valence electrons. The van der Waals surface area contributed by atoms with Gasteiger partial charge in [-0.15, -0.1) is 0 Å². The topological polar surface area (TPSA) is 32.3 Å². The van der Waals surface area contributed by atoms with Crippen molar-refractivity contribution in [3.8, 4) is 0 Å². The van der Waals surface area contributed by atoms with E-state index in [1.54, 1.807) is 0 Å². The van der Waals surface area contributed by atoms with E-state index in [2.05, 4.69) is 24.1 Å². The molecule has 1 amide bonds. The standard InChI is InChI=1S/C16H30N2O/c1-13(2)18-10-8-14(9-11-18)12-17-16(19)15-6-4-3-5-7-15/h13-15H,3-12H2,1-2H3,(H,17,19). The molecule has 1 saturated carbocycles. The Bertz CT molecular complexity index is 276. The number of carbonyl (C=O) groups is 1. The third-order valence-electron chi connectivity index (χ3n) is 4.92. The van der Waals surface area contributed by atoms with Crippen LogP contribution in [-0.4, -0.2) is 36.5 Å². The summed E-state index contributed by atoms with van der Waals surface area (Å²) in [5.41, 5.74) is 0. The Morgan fingerprint density at radius 2 is 1.74 bits per heavy atom. The summed E-state index contributed by atoms with van der Waals surface area (Å²) in [4.78, 5) is 14.6. The van der Waals surface area contributed by atoms with E-state index in [4.69, 9.17) is 0 Å². The molecule has 3 nitrogen and oxygen atoms in total. The lowest BCUT2D eigenvalue weighted by atomic mass is 9.88. The zero-order valence-electron chi connectivity index (χ0n) is 12.7. The Kier molecular flexibility index (Phi) is 5.68. The number of carbonyl (C=O) groups excluding carboxylic acids is 1. The van der Waals surface area contributed by atoms with Gasteiger partial charge >= 0.3 is 0 Å². The number of nitrogens with zero attached hydrogens (tertiary/aromatic N) is 1. The molecule has 1 heterocycles. The van der Waals surface area contributed by atoms with E-state index < -0.39 is 0 Å². The summed E-state index contributed by atoms with van der Waals surface area (Å²) in [7, 11) is 0. The van der Waals surface area contributed by atoms with Gasteiger partial charge in [0.05, 0.1) is 0 Å². The SMILES string of the molecule is CC(C)N1CCC(CNC(=O)C2CCCCC2)CC1. The minimum atomic E-state index is 0.310. The van der Waals surface area contributed by atoms with Crippen LogP contribution in [0.5, 0.6) is 0 Å². The van der Waals surface area contributed by atoms with Crippen LogP contribution in [0, 0.1) is 11.8 Å². The fourth-order valence-corrected chi connectivity index (χ4v) is 3.43. The molecular weight excluding hydrogens is 236 g/mol. The minimum Gasteiger partial charge on any atom is -0.356 e. The Morgan fingerprint density at radius 1 is 1.11 bits per heavy atom. The fourth-order valence-electron chi connectivity index (χ4n) is 3.43. The number of nitrogens with one attached hydrogen (secondary N) is 1. The highest BCUT2D eigenvalue weighted by Crippen LogP contribution is 2.24. The molecule has 0 bridgehead atoms. The molecule has 1 aliphatic carbocycles. The molecule has 0 radical (unpaired) electrons. The molecule has 0 aromatic heterocycles. The van der Waals surface area contributed by atoms with Crippen LogP contribution in [0.3, 0.4) is 0 Å². The summed E-state index contributed by atoms with van der Waals surface area (Å²) in [5.74, 6) is 1.33. The molecule has 0 spiro atoms. The van der Waals surface area contributed by atoms with Crippen LogP contribution in [0.4, 0.5) is 0 Å². The quantitative estimate of drug-likeness (QED) is 0.848. The van der Waals surface area contributed by atoms with Crippen molar-refractivity contribution in [2.45, 2.75) is 64.8 Å². The Balaban J connectivity index is 1.64. The highest BCUT2D eigenvalue weighted by atomic mass is 16.1. The van der Waals surface area contributed by atoms with Crippen molar-refractivity contribution >= 4 is 5.91 Å². The van der Waals surface area contributed by atoms with Crippen molar-refractivity contribution in [3.63, 3.8) is 0 Å². The van der Waals surface area contributed by atoms with Crippen molar-refractivity contribution in [2.24, 2.45) is 11.8 Å². The van der Waals surface area contributed by atoms with Crippen molar-refractivity contribution in [1.29, 1.82) is 0 Å². The van der Waals surface area contributed by atoms with Gasteiger partial charge in [0.15, 0.2) is 0 Å². The van der Waals surface area contributed by atoms with Crippen LogP contribution >= 0.6 is 0 Å². The van der Waals surface area contributed by atoms with Crippen LogP contribution in [0.25, 0.3) is 0 Å². The van der Waals surface area contributed by atoms with E-state index >= 15 is 0 Å². The largest absolute Gasteiger partial charge is 0.356 e. The number of hydrogen-bond acceptors (Lipinski definition) is 2. The summed E-state index contributed by atoms with van der Waals surface area (Å²) < 4.78 is 0. The molecule has 2 rings (SSSR count). The first-order chi connectivity index (χ1) is 9.16. The molecule has 0 unspecified atom stereocenters. The predicted molar refractivity (Wildman–Crippen MR) is 79.0 cm³/mol. The Morgan fingerprint density at radius 3 is 2.32 bits per heavy atom. The highest BCUT2D eigenvalue weighted by Gasteiger charge is 2.24. The first-order valence-electron chi connectivity index (χ1n) is 8.18. The summed E-state index contributed by atoms with van der Waals surface area (Å²) in [5, 5.41) is 3.21. The average molecular weight is 266 g/mol. The van der Waals surface area contributed by atoms with Gasteiger partial charge in [-0.2, -0.15) is 0 Å². The molecule has 0 aromatic carbocycles. The van der Waals surface area contributed by atoms with Crippen molar-refractivity contribution in [2.75, 3.05) is 19.6 Å². The molecule has 2 aliphatic rings. The monoisotopic (exact) mass is 266 g/mol. The zero-order valence-corrected chi connectivity index (χ0v) is 12.7. The van der Waals surface area contributed by atoms with Gasteiger partial charge in [0.2, 0.25) is 5.91 Å².